The standard InChI is InChI=1S/C18H22N4O3/c23-17(20-8-9-22-10-12-25-13-11-22)14-3-5-15(6-4-14)21-18(24)16-2-1-7-19-16/h1-7,19H,8-13H2,(H,20,23)(H,21,24). The third-order valence-electron chi connectivity index (χ3n) is 4.06. The summed E-state index contributed by atoms with van der Waals surface area (Å²) in [6, 6.07) is 10.3. The summed E-state index contributed by atoms with van der Waals surface area (Å²) in [6.45, 7) is 4.74. The first-order valence-corrected chi connectivity index (χ1v) is 8.35. The van der Waals surface area contributed by atoms with E-state index >= 15 is 0 Å². The number of nitrogens with one attached hydrogen (secondary N) is 3. The highest BCUT2D eigenvalue weighted by atomic mass is 16.5. The summed E-state index contributed by atoms with van der Waals surface area (Å²) in [5, 5.41) is 5.69. The lowest BCUT2D eigenvalue weighted by molar-refractivity contribution is 0.0383. The number of nitrogens with zero attached hydrogens (tertiary/aromatic N) is 1. The van der Waals surface area contributed by atoms with Crippen LogP contribution < -0.4 is 10.6 Å². The second kappa shape index (κ2) is 8.46. The molecule has 0 atom stereocenters. The van der Waals surface area contributed by atoms with Gasteiger partial charge < -0.3 is 20.4 Å². The van der Waals surface area contributed by atoms with Crippen LogP contribution >= 0.6 is 0 Å². The van der Waals surface area contributed by atoms with Crippen LogP contribution in [0, 0.1) is 0 Å². The molecule has 2 aromatic rings. The molecule has 0 saturated carbocycles. The van der Waals surface area contributed by atoms with Gasteiger partial charge in [0.25, 0.3) is 11.8 Å². The van der Waals surface area contributed by atoms with Crippen molar-refractivity contribution in [2.75, 3.05) is 44.7 Å². The molecule has 1 aromatic heterocycles. The Morgan fingerprint density at radius 1 is 1.08 bits per heavy atom. The van der Waals surface area contributed by atoms with Crippen LogP contribution in [0.4, 0.5) is 5.69 Å². The van der Waals surface area contributed by atoms with Gasteiger partial charge in [-0.1, -0.05) is 0 Å². The fraction of sp³-hybridized carbons (Fsp3) is 0.333. The largest absolute Gasteiger partial charge is 0.379 e. The minimum absolute atomic E-state index is 0.115. The van der Waals surface area contributed by atoms with Crippen LogP contribution in [-0.4, -0.2) is 61.1 Å². The fourth-order valence-corrected chi connectivity index (χ4v) is 2.63. The van der Waals surface area contributed by atoms with Crippen LogP contribution in [0.5, 0.6) is 0 Å². The van der Waals surface area contributed by atoms with E-state index < -0.39 is 0 Å². The van der Waals surface area contributed by atoms with E-state index in [1.807, 2.05) is 0 Å². The Kier molecular flexibility index (Phi) is 5.81. The number of carbonyl (C=O) groups is 2. The first-order chi connectivity index (χ1) is 12.2. The zero-order valence-electron chi connectivity index (χ0n) is 14.0. The number of aromatic amines is 1. The maximum Gasteiger partial charge on any atom is 0.272 e. The van der Waals surface area contributed by atoms with Crippen LogP contribution in [0.3, 0.4) is 0 Å². The molecule has 1 fully saturated rings. The predicted molar refractivity (Wildman–Crippen MR) is 94.8 cm³/mol. The van der Waals surface area contributed by atoms with Crippen molar-refractivity contribution in [1.29, 1.82) is 0 Å². The molecular formula is C18H22N4O3. The van der Waals surface area contributed by atoms with Crippen LogP contribution in [0.1, 0.15) is 20.8 Å². The summed E-state index contributed by atoms with van der Waals surface area (Å²) in [5.41, 5.74) is 1.70. The van der Waals surface area contributed by atoms with Crippen LogP contribution in [0.25, 0.3) is 0 Å². The van der Waals surface area contributed by atoms with Gasteiger partial charge in [-0.3, -0.25) is 14.5 Å². The molecule has 0 aliphatic carbocycles. The first kappa shape index (κ1) is 17.2. The minimum Gasteiger partial charge on any atom is -0.379 e. The number of ether oxygens (including phenoxy) is 1. The topological polar surface area (TPSA) is 86.5 Å². The highest BCUT2D eigenvalue weighted by Crippen LogP contribution is 2.11. The van der Waals surface area contributed by atoms with Gasteiger partial charge in [-0.05, 0) is 36.4 Å². The van der Waals surface area contributed by atoms with E-state index in [1.54, 1.807) is 42.6 Å². The number of morpholine rings is 1. The molecule has 0 radical (unpaired) electrons. The van der Waals surface area contributed by atoms with Crippen LogP contribution in [-0.2, 0) is 4.74 Å². The van der Waals surface area contributed by atoms with Crippen molar-refractivity contribution in [2.45, 2.75) is 0 Å². The van der Waals surface area contributed by atoms with Gasteiger partial charge in [0.2, 0.25) is 0 Å². The van der Waals surface area contributed by atoms with Gasteiger partial charge in [-0.15, -0.1) is 0 Å². The summed E-state index contributed by atoms with van der Waals surface area (Å²) < 4.78 is 5.30. The summed E-state index contributed by atoms with van der Waals surface area (Å²) in [5.74, 6) is -0.330. The van der Waals surface area contributed by atoms with E-state index in [9.17, 15) is 9.59 Å². The number of anilines is 1. The number of carbonyl (C=O) groups excluding carboxylic acids is 2. The molecule has 2 amide bonds. The molecule has 1 aliphatic heterocycles. The average Bonchev–Trinajstić information content (AvgIpc) is 3.18. The molecule has 0 unspecified atom stereocenters. The molecule has 1 aromatic carbocycles. The Labute approximate surface area is 146 Å². The Morgan fingerprint density at radius 3 is 2.52 bits per heavy atom. The summed E-state index contributed by atoms with van der Waals surface area (Å²) >= 11 is 0. The summed E-state index contributed by atoms with van der Waals surface area (Å²) in [6.07, 6.45) is 1.69. The number of rotatable bonds is 6. The van der Waals surface area contributed by atoms with Gasteiger partial charge >= 0.3 is 0 Å². The Hall–Kier alpha value is -2.64. The smallest absolute Gasteiger partial charge is 0.272 e. The molecule has 1 saturated heterocycles. The van der Waals surface area contributed by atoms with Crippen LogP contribution in [0.15, 0.2) is 42.6 Å². The van der Waals surface area contributed by atoms with E-state index in [1.165, 1.54) is 0 Å². The average molecular weight is 342 g/mol. The zero-order valence-corrected chi connectivity index (χ0v) is 14.0. The van der Waals surface area contributed by atoms with Crippen molar-refractivity contribution < 1.29 is 14.3 Å². The zero-order chi connectivity index (χ0) is 17.5. The van der Waals surface area contributed by atoms with E-state index in [2.05, 4.69) is 20.5 Å². The van der Waals surface area contributed by atoms with E-state index in [4.69, 9.17) is 4.74 Å². The number of benzene rings is 1. The molecule has 0 spiro atoms. The van der Waals surface area contributed by atoms with Crippen molar-refractivity contribution in [3.05, 3.63) is 53.9 Å². The van der Waals surface area contributed by atoms with Crippen molar-refractivity contribution in [2.24, 2.45) is 0 Å². The van der Waals surface area contributed by atoms with Crippen molar-refractivity contribution >= 4 is 17.5 Å². The molecule has 132 valence electrons. The third-order valence-corrected chi connectivity index (χ3v) is 4.06. The molecule has 0 bridgehead atoms. The van der Waals surface area contributed by atoms with Gasteiger partial charge in [-0.2, -0.15) is 0 Å². The predicted octanol–water partition coefficient (Wildman–Crippen LogP) is 1.33. The number of aromatic nitrogens is 1. The lowest BCUT2D eigenvalue weighted by Gasteiger charge is -2.26. The van der Waals surface area contributed by atoms with Crippen molar-refractivity contribution in [3.63, 3.8) is 0 Å². The van der Waals surface area contributed by atoms with E-state index in [-0.39, 0.29) is 11.8 Å². The van der Waals surface area contributed by atoms with Gasteiger partial charge in [-0.25, -0.2) is 0 Å². The summed E-state index contributed by atoms with van der Waals surface area (Å²) in [4.78, 5) is 29.2. The highest BCUT2D eigenvalue weighted by Gasteiger charge is 2.11. The molecular weight excluding hydrogens is 320 g/mol. The molecule has 7 nitrogen and oxygen atoms in total. The van der Waals surface area contributed by atoms with Crippen molar-refractivity contribution in [3.8, 4) is 0 Å². The summed E-state index contributed by atoms with van der Waals surface area (Å²) in [7, 11) is 0. The molecule has 3 N–H and O–H groups in total. The normalized spacial score (nSPS) is 14.9. The second-order valence-electron chi connectivity index (χ2n) is 5.83. The van der Waals surface area contributed by atoms with Gasteiger partial charge in [0.1, 0.15) is 5.69 Å². The van der Waals surface area contributed by atoms with Gasteiger partial charge in [0, 0.05) is 43.6 Å². The SMILES string of the molecule is O=C(NCCN1CCOCC1)c1ccc(NC(=O)c2ccc[nH]2)cc1. The molecule has 3 rings (SSSR count). The maximum atomic E-state index is 12.2. The Morgan fingerprint density at radius 2 is 1.84 bits per heavy atom. The van der Waals surface area contributed by atoms with Gasteiger partial charge in [0.05, 0.1) is 13.2 Å². The monoisotopic (exact) mass is 342 g/mol. The van der Waals surface area contributed by atoms with E-state index in [0.717, 1.165) is 32.8 Å². The molecule has 7 heteroatoms. The molecule has 25 heavy (non-hydrogen) atoms. The Balaban J connectivity index is 1.46. The quantitative estimate of drug-likeness (QED) is 0.739. The number of amides is 2. The Bertz CT molecular complexity index is 692. The fourth-order valence-electron chi connectivity index (χ4n) is 2.63. The lowest BCUT2D eigenvalue weighted by Crippen LogP contribution is -2.41. The maximum absolute atomic E-state index is 12.2. The van der Waals surface area contributed by atoms with E-state index in [0.29, 0.717) is 23.5 Å². The van der Waals surface area contributed by atoms with Crippen LogP contribution in [0.2, 0.25) is 0 Å². The van der Waals surface area contributed by atoms with Crippen molar-refractivity contribution in [1.82, 2.24) is 15.2 Å². The lowest BCUT2D eigenvalue weighted by atomic mass is 10.2. The first-order valence-electron chi connectivity index (χ1n) is 8.35. The minimum atomic E-state index is -0.215. The number of hydrogen-bond donors (Lipinski definition) is 3. The molecule has 1 aliphatic rings. The second-order valence-corrected chi connectivity index (χ2v) is 5.83. The van der Waals surface area contributed by atoms with Gasteiger partial charge in [0.15, 0.2) is 0 Å². The highest BCUT2D eigenvalue weighted by molar-refractivity contribution is 6.03. The third kappa shape index (κ3) is 4.91. The number of H-pyrrole nitrogens is 1. The number of hydrogen-bond acceptors (Lipinski definition) is 4. The molecule has 2 heterocycles.